The molecule has 67 heavy (non-hydrogen) atoms. The van der Waals surface area contributed by atoms with Crippen LogP contribution in [0.5, 0.6) is 0 Å². The molecular formula is C39H66N7O17P3S. The van der Waals surface area contributed by atoms with Crippen molar-refractivity contribution >= 4 is 69.1 Å². The molecule has 3 heterocycles. The van der Waals surface area contributed by atoms with Gasteiger partial charge in [0.15, 0.2) is 22.8 Å². The fourth-order valence-electron chi connectivity index (χ4n) is 6.42. The minimum absolute atomic E-state index is 0.0288. The van der Waals surface area contributed by atoms with Crippen LogP contribution in [0.1, 0.15) is 110 Å². The largest absolute Gasteiger partial charge is 0.481 e. The molecule has 0 spiro atoms. The zero-order chi connectivity index (χ0) is 49.7. The van der Waals surface area contributed by atoms with Gasteiger partial charge in [0.1, 0.15) is 36.3 Å². The molecule has 0 aromatic carbocycles. The molecule has 10 N–H and O–H groups in total. The first-order valence-electron chi connectivity index (χ1n) is 21.9. The number of carbonyl (C=O) groups is 3. The van der Waals surface area contributed by atoms with Gasteiger partial charge in [-0.25, -0.2) is 28.6 Å². The lowest BCUT2D eigenvalue weighted by Crippen LogP contribution is -2.46. The fraction of sp³-hybridized carbons (Fsp3) is 0.692. The number of anilines is 1. The predicted octanol–water partition coefficient (Wildman–Crippen LogP) is 4.48. The summed E-state index contributed by atoms with van der Waals surface area (Å²) >= 11 is 1.13. The van der Waals surface area contributed by atoms with Gasteiger partial charge in [-0.1, -0.05) is 76.1 Å². The van der Waals surface area contributed by atoms with E-state index < -0.39 is 84.6 Å². The third kappa shape index (κ3) is 21.7. The summed E-state index contributed by atoms with van der Waals surface area (Å²) < 4.78 is 62.4. The van der Waals surface area contributed by atoms with E-state index in [-0.39, 0.29) is 41.6 Å². The molecule has 0 aliphatic carbocycles. The number of aromatic nitrogens is 4. The molecule has 1 fully saturated rings. The van der Waals surface area contributed by atoms with E-state index >= 15 is 0 Å². The van der Waals surface area contributed by atoms with Crippen molar-refractivity contribution in [1.82, 2.24) is 30.2 Å². The number of amides is 2. The van der Waals surface area contributed by atoms with Gasteiger partial charge in [0.05, 0.1) is 19.5 Å². The zero-order valence-electron chi connectivity index (χ0n) is 37.9. The van der Waals surface area contributed by atoms with Crippen LogP contribution in [0.25, 0.3) is 11.2 Å². The summed E-state index contributed by atoms with van der Waals surface area (Å²) in [4.78, 5) is 88.3. The lowest BCUT2D eigenvalue weighted by molar-refractivity contribution is -0.137. The molecule has 1 saturated heterocycles. The maximum absolute atomic E-state index is 12.7. The molecule has 1 aliphatic rings. The molecule has 0 bridgehead atoms. The molecule has 0 radical (unpaired) electrons. The van der Waals surface area contributed by atoms with Crippen LogP contribution < -0.4 is 16.4 Å². The summed E-state index contributed by atoms with van der Waals surface area (Å²) in [5.74, 6) is -1.06. The van der Waals surface area contributed by atoms with Crippen LogP contribution >= 0.6 is 35.2 Å². The number of carbonyl (C=O) groups excluding carboxylic acids is 3. The average molecular weight is 1030 g/mol. The summed E-state index contributed by atoms with van der Waals surface area (Å²) in [5.41, 5.74) is 4.28. The molecule has 2 amide bonds. The molecule has 0 saturated carbocycles. The number of aliphatic hydroxyl groups is 2. The molecule has 28 heteroatoms. The van der Waals surface area contributed by atoms with Crippen molar-refractivity contribution in [3.8, 4) is 0 Å². The Morgan fingerprint density at radius 1 is 0.896 bits per heavy atom. The number of nitrogen functional groups attached to an aromatic ring is 1. The Hall–Kier alpha value is -2.96. The first-order chi connectivity index (χ1) is 31.6. The highest BCUT2D eigenvalue weighted by molar-refractivity contribution is 8.13. The smallest absolute Gasteiger partial charge is 0.386 e. The van der Waals surface area contributed by atoms with Gasteiger partial charge in [-0.15, -0.1) is 0 Å². The predicted molar refractivity (Wildman–Crippen MR) is 246 cm³/mol. The van der Waals surface area contributed by atoms with Crippen molar-refractivity contribution in [2.45, 2.75) is 135 Å². The number of hydrogen-bond acceptors (Lipinski definition) is 18. The highest BCUT2D eigenvalue weighted by atomic mass is 32.2. The Morgan fingerprint density at radius 2 is 1.52 bits per heavy atom. The Kier molecular flexibility index (Phi) is 24.9. The van der Waals surface area contributed by atoms with Crippen LogP contribution in [0.3, 0.4) is 0 Å². The number of unbranched alkanes of at least 4 members (excludes halogenated alkanes) is 8. The monoisotopic (exact) mass is 1030 g/mol. The van der Waals surface area contributed by atoms with Gasteiger partial charge in [0.25, 0.3) is 0 Å². The summed E-state index contributed by atoms with van der Waals surface area (Å²) in [6.07, 6.45) is 14.7. The fourth-order valence-corrected chi connectivity index (χ4v) is 9.97. The zero-order valence-corrected chi connectivity index (χ0v) is 41.4. The number of phosphoric ester groups is 3. The number of ether oxygens (including phenoxy) is 1. The maximum Gasteiger partial charge on any atom is 0.481 e. The van der Waals surface area contributed by atoms with Crippen LogP contribution in [0.2, 0.25) is 0 Å². The molecular weight excluding hydrogens is 963 g/mol. The van der Waals surface area contributed by atoms with Gasteiger partial charge in [-0.05, 0) is 51.4 Å². The van der Waals surface area contributed by atoms with Crippen molar-refractivity contribution in [2.24, 2.45) is 5.41 Å². The van der Waals surface area contributed by atoms with Crippen LogP contribution in [-0.4, -0.2) is 123 Å². The molecule has 1 aliphatic heterocycles. The number of imidazole rings is 1. The minimum atomic E-state index is -5.58. The van der Waals surface area contributed by atoms with E-state index in [9.17, 15) is 57.9 Å². The van der Waals surface area contributed by atoms with Crippen molar-refractivity contribution in [1.29, 1.82) is 0 Å². The van der Waals surface area contributed by atoms with Crippen molar-refractivity contribution < 1.29 is 80.5 Å². The van der Waals surface area contributed by atoms with Crippen LogP contribution in [-0.2, 0) is 50.7 Å². The number of phosphoric acid groups is 3. The van der Waals surface area contributed by atoms with Gasteiger partial charge < -0.3 is 50.9 Å². The van der Waals surface area contributed by atoms with Gasteiger partial charge in [0, 0.05) is 37.1 Å². The molecule has 2 aromatic rings. The molecule has 2 unspecified atom stereocenters. The third-order valence-electron chi connectivity index (χ3n) is 10.1. The van der Waals surface area contributed by atoms with E-state index in [0.29, 0.717) is 12.2 Å². The van der Waals surface area contributed by atoms with E-state index in [1.165, 1.54) is 46.0 Å². The molecule has 24 nitrogen and oxygen atoms in total. The standard InChI is InChI=1S/C39H66N7O17P3S/c1-4-5-6-7-8-9-10-11-12-13-14-15-16-17-18-19-30(48)67-23-22-41-29(47)20-21-42-37(51)34(50)39(2,3)25-60-66(57,58)63-65(55,56)59-24-28-33(62-64(52,53)54)32(49)38(61-28)46-27-45-31-35(40)43-26-44-36(31)46/h9-10,15-16,26-28,32-34,38,49-50H,4-8,11-14,17-25H2,1-3H3,(H,41,47)(H,42,51)(H,55,56)(H,57,58)(H2,40,43,44)(H2,52,53,54)/b10-9+,16-15-/t28-,32-,33-,34+,38-/m1/s1. The van der Waals surface area contributed by atoms with E-state index in [1.54, 1.807) is 0 Å². The second kappa shape index (κ2) is 28.6. The van der Waals surface area contributed by atoms with E-state index in [4.69, 9.17) is 19.5 Å². The number of fused-ring (bicyclic) bond motifs is 1. The SMILES string of the molecule is CCCCCC/C=C/CCCC/C=C\CCCC(=O)SCCNC(=O)CCNC(=O)[C@H](O)C(C)(C)COP(=O)(O)OP(=O)(O)OC[C@H]1O[C@@H](n2cnc3c(N)ncnc32)[C@H](O)[C@@H]1OP(=O)(O)O. The second-order valence-electron chi connectivity index (χ2n) is 16.3. The maximum atomic E-state index is 12.7. The second-order valence-corrected chi connectivity index (χ2v) is 21.6. The molecule has 3 rings (SSSR count). The highest BCUT2D eigenvalue weighted by Crippen LogP contribution is 2.61. The molecule has 7 atom stereocenters. The number of hydrogen-bond donors (Lipinski definition) is 9. The van der Waals surface area contributed by atoms with Gasteiger partial charge in [0.2, 0.25) is 11.8 Å². The van der Waals surface area contributed by atoms with Crippen molar-refractivity contribution in [2.75, 3.05) is 37.8 Å². The normalized spacial score (nSPS) is 20.3. The topological polar surface area (TPSA) is 364 Å². The minimum Gasteiger partial charge on any atom is -0.386 e. The number of nitrogens with two attached hydrogens (primary N) is 1. The number of thioether (sulfide) groups is 1. The number of aliphatic hydroxyl groups excluding tert-OH is 2. The van der Waals surface area contributed by atoms with Crippen molar-refractivity contribution in [3.63, 3.8) is 0 Å². The Labute approximate surface area is 393 Å². The summed E-state index contributed by atoms with van der Waals surface area (Å²) in [6, 6.07) is 0. The number of allylic oxidation sites excluding steroid dienone is 4. The van der Waals surface area contributed by atoms with E-state index in [0.717, 1.165) is 67.5 Å². The summed E-state index contributed by atoms with van der Waals surface area (Å²) in [7, 11) is -16.4. The van der Waals surface area contributed by atoms with Crippen LogP contribution in [0.15, 0.2) is 37.0 Å². The van der Waals surface area contributed by atoms with Gasteiger partial charge in [-0.3, -0.25) is 32.5 Å². The Morgan fingerprint density at radius 3 is 2.16 bits per heavy atom. The summed E-state index contributed by atoms with van der Waals surface area (Å²) in [5, 5.41) is 26.6. The van der Waals surface area contributed by atoms with Crippen LogP contribution in [0, 0.1) is 5.41 Å². The Balaban J connectivity index is 1.31. The Bertz CT molecular complexity index is 2090. The summed E-state index contributed by atoms with van der Waals surface area (Å²) in [6.45, 7) is 2.75. The van der Waals surface area contributed by atoms with E-state index in [2.05, 4.69) is 65.6 Å². The van der Waals surface area contributed by atoms with E-state index in [1.807, 2.05) is 0 Å². The quantitative estimate of drug-likeness (QED) is 0.0270. The highest BCUT2D eigenvalue weighted by Gasteiger charge is 2.50. The average Bonchev–Trinajstić information content (AvgIpc) is 3.81. The molecule has 380 valence electrons. The lowest BCUT2D eigenvalue weighted by atomic mass is 9.87. The first-order valence-corrected chi connectivity index (χ1v) is 27.4. The lowest BCUT2D eigenvalue weighted by Gasteiger charge is -2.30. The first kappa shape index (κ1) is 58.4. The van der Waals surface area contributed by atoms with Crippen LogP contribution in [0.4, 0.5) is 5.82 Å². The van der Waals surface area contributed by atoms with Crippen molar-refractivity contribution in [3.05, 3.63) is 37.0 Å². The van der Waals surface area contributed by atoms with Gasteiger partial charge in [-0.2, -0.15) is 4.31 Å². The molecule has 2 aromatic heterocycles. The number of rotatable bonds is 33. The third-order valence-corrected chi connectivity index (χ3v) is 14.1. The number of nitrogens with one attached hydrogen (secondary N) is 2. The van der Waals surface area contributed by atoms with Gasteiger partial charge >= 0.3 is 23.5 Å². The number of nitrogens with zero attached hydrogens (tertiary/aromatic N) is 4.